The van der Waals surface area contributed by atoms with E-state index in [1.807, 2.05) is 13.8 Å². The predicted octanol–water partition coefficient (Wildman–Crippen LogP) is 4.88. The summed E-state index contributed by atoms with van der Waals surface area (Å²) in [5, 5.41) is 13.2. The molecule has 1 amide bonds. The number of carbonyl (C=O) groups is 2. The van der Waals surface area contributed by atoms with Crippen LogP contribution in [-0.2, 0) is 17.7 Å². The Bertz CT molecular complexity index is 1540. The van der Waals surface area contributed by atoms with E-state index in [2.05, 4.69) is 5.32 Å². The third kappa shape index (κ3) is 6.56. The number of rotatable bonds is 10. The molecule has 2 atom stereocenters. The molecule has 12 heteroatoms. The lowest BCUT2D eigenvalue weighted by atomic mass is 9.98. The topological polar surface area (TPSA) is 123 Å². The normalized spacial score (nSPS) is 15.1. The second kappa shape index (κ2) is 13.6. The van der Waals surface area contributed by atoms with Crippen molar-refractivity contribution in [3.63, 3.8) is 0 Å². The number of hydrogen-bond acceptors (Lipinski definition) is 8. The van der Waals surface area contributed by atoms with E-state index in [0.717, 1.165) is 12.8 Å². The van der Waals surface area contributed by atoms with Crippen molar-refractivity contribution in [2.75, 3.05) is 26.1 Å². The van der Waals surface area contributed by atoms with Crippen LogP contribution in [0.2, 0.25) is 10.0 Å². The van der Waals surface area contributed by atoms with Crippen LogP contribution in [0, 0.1) is 0 Å². The number of methoxy groups -OCH3 is 2. The zero-order valence-electron chi connectivity index (χ0n) is 23.9. The Hall–Kier alpha value is -3.60. The lowest BCUT2D eigenvalue weighted by molar-refractivity contribution is 0.0596. The maximum atomic E-state index is 14.1. The molecule has 0 saturated carbocycles. The van der Waals surface area contributed by atoms with E-state index in [1.54, 1.807) is 35.2 Å². The summed E-state index contributed by atoms with van der Waals surface area (Å²) in [6, 6.07) is 9.13. The smallest absolute Gasteiger partial charge is 0.341 e. The number of esters is 1. The summed E-state index contributed by atoms with van der Waals surface area (Å²) in [6.07, 6.45) is 2.46. The Morgan fingerprint density at radius 1 is 1.14 bits per heavy atom. The predicted molar refractivity (Wildman–Crippen MR) is 161 cm³/mol. The van der Waals surface area contributed by atoms with Crippen molar-refractivity contribution in [2.45, 2.75) is 58.2 Å². The first-order valence-electron chi connectivity index (χ1n) is 13.6. The van der Waals surface area contributed by atoms with Crippen molar-refractivity contribution in [1.82, 2.24) is 14.5 Å². The quantitative estimate of drug-likeness (QED) is 0.244. The molecular formula is C30H34Cl2N4O6. The maximum absolute atomic E-state index is 14.1. The molecule has 1 aliphatic rings. The fourth-order valence-electron chi connectivity index (χ4n) is 5.01. The van der Waals surface area contributed by atoms with Crippen molar-refractivity contribution in [1.29, 1.82) is 0 Å². The van der Waals surface area contributed by atoms with E-state index in [0.29, 0.717) is 39.9 Å². The molecule has 2 heterocycles. The van der Waals surface area contributed by atoms with Crippen LogP contribution < -0.4 is 15.6 Å². The van der Waals surface area contributed by atoms with Gasteiger partial charge < -0.3 is 24.8 Å². The number of amides is 1. The molecule has 0 spiro atoms. The first-order chi connectivity index (χ1) is 20.1. The molecule has 1 unspecified atom stereocenters. The monoisotopic (exact) mass is 616 g/mol. The van der Waals surface area contributed by atoms with E-state index in [9.17, 15) is 19.5 Å². The number of fused-ring (bicyclic) bond motifs is 1. The number of ether oxygens (including phenoxy) is 2. The number of aromatic nitrogens is 2. The van der Waals surface area contributed by atoms with E-state index < -0.39 is 5.97 Å². The summed E-state index contributed by atoms with van der Waals surface area (Å²) < 4.78 is 11.8. The highest BCUT2D eigenvalue weighted by Crippen LogP contribution is 2.29. The third-order valence-corrected chi connectivity index (χ3v) is 8.05. The zero-order chi connectivity index (χ0) is 30.6. The van der Waals surface area contributed by atoms with Gasteiger partial charge in [0.05, 0.1) is 42.2 Å². The van der Waals surface area contributed by atoms with Crippen molar-refractivity contribution >= 4 is 41.0 Å². The molecule has 224 valence electrons. The molecule has 0 bridgehead atoms. The summed E-state index contributed by atoms with van der Waals surface area (Å²) in [4.78, 5) is 46.4. The molecule has 0 aliphatic carbocycles. The van der Waals surface area contributed by atoms with Crippen LogP contribution in [0.4, 0.5) is 5.95 Å². The highest BCUT2D eigenvalue weighted by atomic mass is 35.5. The van der Waals surface area contributed by atoms with E-state index in [1.165, 1.54) is 24.9 Å². The number of halogens is 2. The Labute approximate surface area is 254 Å². The average molecular weight is 618 g/mol. The van der Waals surface area contributed by atoms with Crippen LogP contribution in [-0.4, -0.2) is 64.3 Å². The lowest BCUT2D eigenvalue weighted by Gasteiger charge is -2.35. The zero-order valence-corrected chi connectivity index (χ0v) is 25.5. The first kappa shape index (κ1) is 31.3. The van der Waals surface area contributed by atoms with E-state index in [-0.39, 0.29) is 59.5 Å². The standard InChI is InChI=1S/C30H34Cl2N4O6/c1-17(7-5-6-12-37)33-30-34-25-16-35(27(38)19-8-11-23(31)24(32)14-19)18(2)13-22(25)28(39)36(30)20-9-10-21(29(40)42-4)26(15-20)41-3/h8-11,14-15,17-18,37H,5-7,12-13,16H2,1-4H3,(H,33,34)/t17?,18-/m1/s1. The summed E-state index contributed by atoms with van der Waals surface area (Å²) in [5.74, 6) is -0.268. The fraction of sp³-hybridized carbons (Fsp3) is 0.400. The SMILES string of the molecule is COC(=O)c1ccc(-n2c(NC(C)CCCCO)nc3c(c2=O)C[C@@H](C)N(C(=O)c2ccc(Cl)c(Cl)c2)C3)cc1OC. The van der Waals surface area contributed by atoms with Crippen LogP contribution in [0.25, 0.3) is 5.69 Å². The maximum Gasteiger partial charge on any atom is 0.341 e. The number of hydrogen-bond donors (Lipinski definition) is 2. The van der Waals surface area contributed by atoms with E-state index in [4.69, 9.17) is 37.7 Å². The minimum absolute atomic E-state index is 0.0829. The van der Waals surface area contributed by atoms with Crippen molar-refractivity contribution in [2.24, 2.45) is 0 Å². The molecule has 10 nitrogen and oxygen atoms in total. The van der Waals surface area contributed by atoms with Gasteiger partial charge in [-0.05, 0) is 69.9 Å². The summed E-state index contributed by atoms with van der Waals surface area (Å²) in [7, 11) is 2.72. The number of aliphatic hydroxyl groups excluding tert-OH is 1. The highest BCUT2D eigenvalue weighted by molar-refractivity contribution is 6.42. The lowest BCUT2D eigenvalue weighted by Crippen LogP contribution is -2.46. The molecule has 0 saturated heterocycles. The largest absolute Gasteiger partial charge is 0.496 e. The number of unbranched alkanes of at least 4 members (excludes halogenated alkanes) is 1. The van der Waals surface area contributed by atoms with Gasteiger partial charge in [-0.2, -0.15) is 0 Å². The minimum atomic E-state index is -0.564. The van der Waals surface area contributed by atoms with Gasteiger partial charge in [0.1, 0.15) is 11.3 Å². The molecule has 2 N–H and O–H groups in total. The Morgan fingerprint density at radius 2 is 1.90 bits per heavy atom. The molecule has 1 aliphatic heterocycles. The number of nitrogens with one attached hydrogen (secondary N) is 1. The Balaban J connectivity index is 1.79. The van der Waals surface area contributed by atoms with Crippen LogP contribution in [0.5, 0.6) is 5.75 Å². The van der Waals surface area contributed by atoms with Crippen molar-refractivity contribution in [3.05, 3.63) is 79.2 Å². The second-order valence-corrected chi connectivity index (χ2v) is 11.1. The average Bonchev–Trinajstić information content (AvgIpc) is 2.98. The van der Waals surface area contributed by atoms with Crippen molar-refractivity contribution < 1.29 is 24.2 Å². The molecule has 0 fully saturated rings. The number of carbonyl (C=O) groups excluding carboxylic acids is 2. The number of aliphatic hydroxyl groups is 1. The first-order valence-corrected chi connectivity index (χ1v) is 14.4. The number of benzene rings is 2. The Kier molecular flexibility index (Phi) is 10.1. The summed E-state index contributed by atoms with van der Waals surface area (Å²) in [5.41, 5.74) is 1.76. The van der Waals surface area contributed by atoms with Gasteiger partial charge in [-0.1, -0.05) is 23.2 Å². The summed E-state index contributed by atoms with van der Waals surface area (Å²) >= 11 is 12.2. The van der Waals surface area contributed by atoms with Crippen molar-refractivity contribution in [3.8, 4) is 11.4 Å². The van der Waals surface area contributed by atoms with Gasteiger partial charge in [-0.25, -0.2) is 14.3 Å². The van der Waals surface area contributed by atoms with E-state index >= 15 is 0 Å². The highest BCUT2D eigenvalue weighted by Gasteiger charge is 2.32. The van der Waals surface area contributed by atoms with Crippen LogP contribution in [0.3, 0.4) is 0 Å². The molecule has 0 radical (unpaired) electrons. The molecule has 42 heavy (non-hydrogen) atoms. The van der Waals surface area contributed by atoms with Gasteiger partial charge >= 0.3 is 5.97 Å². The van der Waals surface area contributed by atoms with Gasteiger partial charge in [-0.15, -0.1) is 0 Å². The van der Waals surface area contributed by atoms with Crippen LogP contribution in [0.15, 0.2) is 41.2 Å². The van der Waals surface area contributed by atoms with Gasteiger partial charge in [0.2, 0.25) is 5.95 Å². The molecular weight excluding hydrogens is 583 g/mol. The van der Waals surface area contributed by atoms with Gasteiger partial charge in [0.15, 0.2) is 0 Å². The van der Waals surface area contributed by atoms with Crippen LogP contribution >= 0.6 is 23.2 Å². The molecule has 4 rings (SSSR count). The fourth-order valence-corrected chi connectivity index (χ4v) is 5.31. The minimum Gasteiger partial charge on any atom is -0.496 e. The summed E-state index contributed by atoms with van der Waals surface area (Å²) in [6.45, 7) is 4.08. The van der Waals surface area contributed by atoms with Gasteiger partial charge in [-0.3, -0.25) is 9.59 Å². The van der Waals surface area contributed by atoms with Gasteiger partial charge in [0.25, 0.3) is 11.5 Å². The molecule has 2 aromatic carbocycles. The molecule has 3 aromatic rings. The number of nitrogens with zero attached hydrogens (tertiary/aromatic N) is 3. The third-order valence-electron chi connectivity index (χ3n) is 7.31. The Morgan fingerprint density at radius 3 is 2.57 bits per heavy atom. The number of anilines is 1. The van der Waals surface area contributed by atoms with Gasteiger partial charge in [0, 0.05) is 35.9 Å². The van der Waals surface area contributed by atoms with Crippen LogP contribution in [0.1, 0.15) is 65.1 Å². The molecule has 1 aromatic heterocycles. The second-order valence-electron chi connectivity index (χ2n) is 10.3.